The molecule has 0 atom stereocenters. The molecule has 2 aromatic carbocycles. The number of aromatic nitrogens is 1. The van der Waals surface area contributed by atoms with Crippen LogP contribution in [0.3, 0.4) is 0 Å². The summed E-state index contributed by atoms with van der Waals surface area (Å²) in [5, 5.41) is 1.10. The van der Waals surface area contributed by atoms with Crippen LogP contribution < -0.4 is 15.2 Å². The number of hydrogen-bond acceptors (Lipinski definition) is 4. The van der Waals surface area contributed by atoms with Crippen LogP contribution in [-0.4, -0.2) is 24.7 Å². The van der Waals surface area contributed by atoms with E-state index in [2.05, 4.69) is 52.0 Å². The Morgan fingerprint density at radius 2 is 1.46 bits per heavy atom. The number of para-hydroxylation sites is 1. The Morgan fingerprint density at radius 1 is 0.857 bits per heavy atom. The summed E-state index contributed by atoms with van der Waals surface area (Å²) in [6.07, 6.45) is 0. The molecule has 148 valence electrons. The van der Waals surface area contributed by atoms with Gasteiger partial charge in [-0.2, -0.15) is 0 Å². The molecule has 28 heavy (non-hydrogen) atoms. The Labute approximate surface area is 167 Å². The molecule has 3 aromatic rings. The highest BCUT2D eigenvalue weighted by molar-refractivity contribution is 5.96. The molecule has 1 aromatic heterocycles. The molecule has 0 aliphatic heterocycles. The number of nitrogens with zero attached hydrogens (tertiary/aromatic N) is 1. The van der Waals surface area contributed by atoms with E-state index in [4.69, 9.17) is 20.2 Å². The fourth-order valence-electron chi connectivity index (χ4n) is 3.50. The molecule has 4 heteroatoms. The van der Waals surface area contributed by atoms with Gasteiger partial charge in [-0.15, -0.1) is 0 Å². The Hall–Kier alpha value is -2.59. The van der Waals surface area contributed by atoms with Gasteiger partial charge in [-0.1, -0.05) is 32.0 Å². The van der Waals surface area contributed by atoms with Gasteiger partial charge in [-0.25, -0.2) is 0 Å². The third kappa shape index (κ3) is 3.33. The number of ether oxygens (including phenoxy) is 2. The second-order valence-electron chi connectivity index (χ2n) is 8.43. The van der Waals surface area contributed by atoms with E-state index in [9.17, 15) is 0 Å². The van der Waals surface area contributed by atoms with Crippen LogP contribution >= 0.6 is 0 Å². The molecule has 0 radical (unpaired) electrons. The number of rotatable bonds is 5. The first-order valence-electron chi connectivity index (χ1n) is 9.52. The molecule has 0 bridgehead atoms. The van der Waals surface area contributed by atoms with Crippen LogP contribution in [0.4, 0.5) is 0 Å². The molecule has 2 N–H and O–H groups in total. The number of fused-ring (bicyclic) bond motifs is 1. The van der Waals surface area contributed by atoms with Gasteiger partial charge in [-0.05, 0) is 61.7 Å². The summed E-state index contributed by atoms with van der Waals surface area (Å²) in [4.78, 5) is 4.70. The zero-order valence-electron chi connectivity index (χ0n) is 17.9. The average Bonchev–Trinajstić information content (AvgIpc) is 2.65. The lowest BCUT2D eigenvalue weighted by Gasteiger charge is -2.40. The summed E-state index contributed by atoms with van der Waals surface area (Å²) in [6.45, 7) is 10.5. The lowest BCUT2D eigenvalue weighted by Crippen LogP contribution is -2.50. The zero-order valence-corrected chi connectivity index (χ0v) is 17.9. The highest BCUT2D eigenvalue weighted by Gasteiger charge is 2.38. The van der Waals surface area contributed by atoms with Crippen LogP contribution in [0.1, 0.15) is 39.0 Å². The van der Waals surface area contributed by atoms with Crippen molar-refractivity contribution < 1.29 is 9.47 Å². The topological polar surface area (TPSA) is 57.4 Å². The molecule has 0 spiro atoms. The van der Waals surface area contributed by atoms with Gasteiger partial charge < -0.3 is 15.2 Å². The Kier molecular flexibility index (Phi) is 5.11. The van der Waals surface area contributed by atoms with Crippen molar-refractivity contribution in [1.29, 1.82) is 0 Å². The standard InChI is InChI=1S/C24H30N2O2/c1-15-12-17(16-10-8-9-11-20(16)26-15)18-13-21(27-6)22(28-7)14-19(18)23(2,3)24(4,5)25/h8-14H,25H2,1-7H3. The van der Waals surface area contributed by atoms with Crippen LogP contribution in [0.5, 0.6) is 11.5 Å². The number of nitrogens with two attached hydrogens (primary N) is 1. The number of hydrogen-bond donors (Lipinski definition) is 1. The maximum Gasteiger partial charge on any atom is 0.161 e. The predicted octanol–water partition coefficient (Wildman–Crippen LogP) is 5.24. The third-order valence-corrected chi connectivity index (χ3v) is 5.94. The first-order chi connectivity index (χ1) is 13.1. The fraction of sp³-hybridized carbons (Fsp3) is 0.375. The number of aryl methyl sites for hydroxylation is 1. The maximum absolute atomic E-state index is 6.61. The summed E-state index contributed by atoms with van der Waals surface area (Å²) in [6, 6.07) is 14.5. The molecule has 3 rings (SSSR count). The molecule has 4 nitrogen and oxygen atoms in total. The summed E-state index contributed by atoms with van der Waals surface area (Å²) in [5.74, 6) is 1.40. The van der Waals surface area contributed by atoms with Crippen molar-refractivity contribution in [3.05, 3.63) is 53.7 Å². The first kappa shape index (κ1) is 20.2. The first-order valence-corrected chi connectivity index (χ1v) is 9.52. The molecular weight excluding hydrogens is 348 g/mol. The molecule has 1 heterocycles. The number of pyridine rings is 1. The molecule has 0 aliphatic carbocycles. The summed E-state index contributed by atoms with van der Waals surface area (Å²) < 4.78 is 11.2. The minimum Gasteiger partial charge on any atom is -0.493 e. The van der Waals surface area contributed by atoms with Gasteiger partial charge in [0.1, 0.15) is 0 Å². The molecule has 0 amide bonds. The smallest absolute Gasteiger partial charge is 0.161 e. The van der Waals surface area contributed by atoms with Gasteiger partial charge >= 0.3 is 0 Å². The van der Waals surface area contributed by atoms with Crippen LogP contribution in [-0.2, 0) is 5.41 Å². The summed E-state index contributed by atoms with van der Waals surface area (Å²) >= 11 is 0. The van der Waals surface area contributed by atoms with Gasteiger partial charge in [0.15, 0.2) is 11.5 Å². The molecular formula is C24H30N2O2. The minimum absolute atomic E-state index is 0.319. The summed E-state index contributed by atoms with van der Waals surface area (Å²) in [7, 11) is 3.32. The van der Waals surface area contributed by atoms with Gasteiger partial charge in [0.25, 0.3) is 0 Å². The van der Waals surface area contributed by atoms with E-state index in [1.165, 1.54) is 0 Å². The normalized spacial score (nSPS) is 12.3. The predicted molar refractivity (Wildman–Crippen MR) is 116 cm³/mol. The van der Waals surface area contributed by atoms with Gasteiger partial charge in [0, 0.05) is 22.0 Å². The quantitative estimate of drug-likeness (QED) is 0.659. The molecule has 0 aliphatic rings. The minimum atomic E-state index is -0.445. The van der Waals surface area contributed by atoms with Crippen LogP contribution in [0.2, 0.25) is 0 Å². The van der Waals surface area contributed by atoms with Crippen LogP contribution in [0.25, 0.3) is 22.0 Å². The lowest BCUT2D eigenvalue weighted by atomic mass is 9.68. The third-order valence-electron chi connectivity index (χ3n) is 5.94. The van der Waals surface area contributed by atoms with Crippen molar-refractivity contribution in [2.24, 2.45) is 5.73 Å². The van der Waals surface area contributed by atoms with Gasteiger partial charge in [-0.3, -0.25) is 4.98 Å². The van der Waals surface area contributed by atoms with Crippen LogP contribution in [0, 0.1) is 6.92 Å². The van der Waals surface area contributed by atoms with E-state index in [-0.39, 0.29) is 5.41 Å². The van der Waals surface area contributed by atoms with E-state index >= 15 is 0 Å². The van der Waals surface area contributed by atoms with Gasteiger partial charge in [0.05, 0.1) is 19.7 Å². The highest BCUT2D eigenvalue weighted by Crippen LogP contribution is 2.45. The zero-order chi connectivity index (χ0) is 20.7. The molecule has 0 saturated heterocycles. The maximum atomic E-state index is 6.61. The van der Waals surface area contributed by atoms with Crippen LogP contribution in [0.15, 0.2) is 42.5 Å². The molecule has 0 unspecified atom stereocenters. The molecule has 0 saturated carbocycles. The summed E-state index contributed by atoms with van der Waals surface area (Å²) in [5.41, 5.74) is 11.1. The van der Waals surface area contributed by atoms with E-state index in [1.807, 2.05) is 25.1 Å². The van der Waals surface area contributed by atoms with Crippen molar-refractivity contribution in [2.75, 3.05) is 14.2 Å². The van der Waals surface area contributed by atoms with Crippen molar-refractivity contribution in [3.8, 4) is 22.6 Å². The second kappa shape index (κ2) is 7.10. The highest BCUT2D eigenvalue weighted by atomic mass is 16.5. The largest absolute Gasteiger partial charge is 0.493 e. The lowest BCUT2D eigenvalue weighted by molar-refractivity contribution is 0.303. The Morgan fingerprint density at radius 3 is 2.07 bits per heavy atom. The number of methoxy groups -OCH3 is 2. The fourth-order valence-corrected chi connectivity index (χ4v) is 3.50. The second-order valence-corrected chi connectivity index (χ2v) is 8.43. The van der Waals surface area contributed by atoms with Crippen molar-refractivity contribution >= 4 is 10.9 Å². The van der Waals surface area contributed by atoms with Gasteiger partial charge in [0.2, 0.25) is 0 Å². The SMILES string of the molecule is COc1cc(-c2cc(C)nc3ccccc23)c(C(C)(C)C(C)(C)N)cc1OC. The number of benzene rings is 2. The van der Waals surface area contributed by atoms with E-state index in [1.54, 1.807) is 14.2 Å². The average molecular weight is 379 g/mol. The Balaban J connectivity index is 2.44. The van der Waals surface area contributed by atoms with Crippen molar-refractivity contribution in [3.63, 3.8) is 0 Å². The van der Waals surface area contributed by atoms with E-state index in [0.29, 0.717) is 11.5 Å². The molecule has 0 fully saturated rings. The van der Waals surface area contributed by atoms with Crippen molar-refractivity contribution in [2.45, 2.75) is 45.6 Å². The Bertz CT molecular complexity index is 1020. The van der Waals surface area contributed by atoms with E-state index < -0.39 is 5.54 Å². The van der Waals surface area contributed by atoms with E-state index in [0.717, 1.165) is 33.3 Å². The van der Waals surface area contributed by atoms with Crippen molar-refractivity contribution in [1.82, 2.24) is 4.98 Å². The monoisotopic (exact) mass is 378 g/mol.